The van der Waals surface area contributed by atoms with Gasteiger partial charge in [-0.2, -0.15) is 0 Å². The van der Waals surface area contributed by atoms with Gasteiger partial charge in [-0.1, -0.05) is 29.8 Å². The molecule has 0 aliphatic heterocycles. The molecule has 26 heavy (non-hydrogen) atoms. The largest absolute Gasteiger partial charge is 0.352 e. The number of carbonyl (C=O) groups is 1. The third kappa shape index (κ3) is 4.23. The summed E-state index contributed by atoms with van der Waals surface area (Å²) in [5, 5.41) is 5.22. The number of hydrogen-bond donors (Lipinski definition) is 2. The van der Waals surface area contributed by atoms with E-state index in [1.165, 1.54) is 15.9 Å². The second-order valence-corrected chi connectivity index (χ2v) is 7.20. The van der Waals surface area contributed by atoms with Crippen molar-refractivity contribution in [3.63, 3.8) is 0 Å². The lowest BCUT2D eigenvalue weighted by Gasteiger charge is -2.07. The van der Waals surface area contributed by atoms with Crippen LogP contribution in [0, 0.1) is 0 Å². The first-order valence-corrected chi connectivity index (χ1v) is 9.52. The van der Waals surface area contributed by atoms with E-state index in [4.69, 9.17) is 11.6 Å². The smallest absolute Gasteiger partial charge is 0.328 e. The SMILES string of the molecule is O=C(CCCCn1c(=O)[nH]c2ccsc2c1=O)NCc1ccccc1Cl. The number of fused-ring (bicyclic) bond motifs is 1. The van der Waals surface area contributed by atoms with Gasteiger partial charge in [0.15, 0.2) is 0 Å². The van der Waals surface area contributed by atoms with E-state index >= 15 is 0 Å². The number of benzene rings is 1. The number of thiophene rings is 1. The monoisotopic (exact) mass is 391 g/mol. The highest BCUT2D eigenvalue weighted by molar-refractivity contribution is 7.17. The number of aromatic amines is 1. The van der Waals surface area contributed by atoms with Gasteiger partial charge in [0.2, 0.25) is 5.91 Å². The van der Waals surface area contributed by atoms with Crippen LogP contribution in [0.5, 0.6) is 0 Å². The van der Waals surface area contributed by atoms with Crippen molar-refractivity contribution in [1.82, 2.24) is 14.9 Å². The maximum absolute atomic E-state index is 12.3. The first-order chi connectivity index (χ1) is 12.6. The van der Waals surface area contributed by atoms with Crippen LogP contribution in [0.4, 0.5) is 0 Å². The molecule has 8 heteroatoms. The summed E-state index contributed by atoms with van der Waals surface area (Å²) >= 11 is 7.36. The van der Waals surface area contributed by atoms with Crippen molar-refractivity contribution in [2.24, 2.45) is 0 Å². The molecule has 0 saturated carbocycles. The van der Waals surface area contributed by atoms with Gasteiger partial charge in [-0.05, 0) is 35.9 Å². The number of hydrogen-bond acceptors (Lipinski definition) is 4. The minimum Gasteiger partial charge on any atom is -0.352 e. The zero-order valence-corrected chi connectivity index (χ0v) is 15.5. The molecule has 2 aromatic heterocycles. The number of carbonyl (C=O) groups excluding carboxylic acids is 1. The molecule has 2 heterocycles. The predicted molar refractivity (Wildman–Crippen MR) is 104 cm³/mol. The van der Waals surface area contributed by atoms with E-state index in [9.17, 15) is 14.4 Å². The normalized spacial score (nSPS) is 11.0. The molecule has 1 amide bonds. The molecule has 0 aliphatic carbocycles. The highest BCUT2D eigenvalue weighted by atomic mass is 35.5. The van der Waals surface area contributed by atoms with Crippen molar-refractivity contribution < 1.29 is 4.79 Å². The number of aromatic nitrogens is 2. The average molecular weight is 392 g/mol. The van der Waals surface area contributed by atoms with E-state index in [2.05, 4.69) is 10.3 Å². The van der Waals surface area contributed by atoms with Gasteiger partial charge in [-0.15, -0.1) is 11.3 Å². The Morgan fingerprint density at radius 1 is 1.19 bits per heavy atom. The van der Waals surface area contributed by atoms with Crippen LogP contribution in [0.2, 0.25) is 5.02 Å². The number of H-pyrrole nitrogens is 1. The molecule has 0 bridgehead atoms. The molecule has 136 valence electrons. The van der Waals surface area contributed by atoms with Crippen LogP contribution in [0.3, 0.4) is 0 Å². The molecule has 0 aliphatic rings. The lowest BCUT2D eigenvalue weighted by atomic mass is 10.2. The summed E-state index contributed by atoms with van der Waals surface area (Å²) < 4.78 is 1.74. The number of halogens is 1. The molecule has 6 nitrogen and oxygen atoms in total. The fraction of sp³-hybridized carbons (Fsp3) is 0.278. The summed E-state index contributed by atoms with van der Waals surface area (Å²) in [6.45, 7) is 0.673. The first kappa shape index (κ1) is 18.4. The molecule has 0 atom stereocenters. The Hall–Kier alpha value is -2.38. The van der Waals surface area contributed by atoms with Gasteiger partial charge >= 0.3 is 5.69 Å². The highest BCUT2D eigenvalue weighted by Crippen LogP contribution is 2.14. The number of nitrogens with zero attached hydrogens (tertiary/aromatic N) is 1. The summed E-state index contributed by atoms with van der Waals surface area (Å²) in [7, 11) is 0. The van der Waals surface area contributed by atoms with Crippen LogP contribution >= 0.6 is 22.9 Å². The standard InChI is InChI=1S/C18H18ClN3O3S/c19-13-6-2-1-5-12(13)11-20-15(23)7-3-4-9-22-17(24)16-14(8-10-26-16)21-18(22)25/h1-2,5-6,8,10H,3-4,7,9,11H2,(H,20,23)(H,21,25). The third-order valence-corrected chi connectivity index (χ3v) is 5.33. The predicted octanol–water partition coefficient (Wildman–Crippen LogP) is 2.89. The van der Waals surface area contributed by atoms with E-state index in [0.717, 1.165) is 5.56 Å². The van der Waals surface area contributed by atoms with Gasteiger partial charge in [-0.3, -0.25) is 14.2 Å². The van der Waals surface area contributed by atoms with Crippen molar-refractivity contribution in [3.8, 4) is 0 Å². The fourth-order valence-electron chi connectivity index (χ4n) is 2.65. The number of nitrogens with one attached hydrogen (secondary N) is 2. The summed E-state index contributed by atoms with van der Waals surface area (Å²) in [4.78, 5) is 38.9. The van der Waals surface area contributed by atoms with E-state index in [1.54, 1.807) is 17.5 Å². The Morgan fingerprint density at radius 2 is 2.00 bits per heavy atom. The maximum Gasteiger partial charge on any atom is 0.328 e. The lowest BCUT2D eigenvalue weighted by Crippen LogP contribution is -2.34. The molecule has 3 rings (SSSR count). The highest BCUT2D eigenvalue weighted by Gasteiger charge is 2.09. The van der Waals surface area contributed by atoms with Crippen LogP contribution in [0.1, 0.15) is 24.8 Å². The van der Waals surface area contributed by atoms with E-state index < -0.39 is 5.69 Å². The zero-order valence-electron chi connectivity index (χ0n) is 14.0. The Bertz CT molecular complexity index is 1040. The molecule has 0 saturated heterocycles. The van der Waals surface area contributed by atoms with Gasteiger partial charge < -0.3 is 10.3 Å². The Kier molecular flexibility index (Phi) is 5.90. The fourth-order valence-corrected chi connectivity index (χ4v) is 3.65. The van der Waals surface area contributed by atoms with Crippen molar-refractivity contribution in [1.29, 1.82) is 0 Å². The third-order valence-electron chi connectivity index (χ3n) is 4.06. The lowest BCUT2D eigenvalue weighted by molar-refractivity contribution is -0.121. The van der Waals surface area contributed by atoms with Crippen molar-refractivity contribution >= 4 is 39.1 Å². The minimum absolute atomic E-state index is 0.0834. The molecular formula is C18H18ClN3O3S. The maximum atomic E-state index is 12.3. The molecule has 0 fully saturated rings. The summed E-state index contributed by atoms with van der Waals surface area (Å²) in [6.07, 6.45) is 1.49. The number of amides is 1. The van der Waals surface area contributed by atoms with Gasteiger partial charge in [0.05, 0.1) is 5.52 Å². The zero-order chi connectivity index (χ0) is 18.5. The van der Waals surface area contributed by atoms with Crippen LogP contribution in [-0.4, -0.2) is 15.5 Å². The molecular weight excluding hydrogens is 374 g/mol. The van der Waals surface area contributed by atoms with Gasteiger partial charge in [0.1, 0.15) is 4.70 Å². The van der Waals surface area contributed by atoms with E-state index in [-0.39, 0.29) is 11.5 Å². The van der Waals surface area contributed by atoms with Crippen molar-refractivity contribution in [2.75, 3.05) is 0 Å². The Morgan fingerprint density at radius 3 is 2.81 bits per heavy atom. The Balaban J connectivity index is 1.48. The second-order valence-electron chi connectivity index (χ2n) is 5.88. The van der Waals surface area contributed by atoms with Gasteiger partial charge in [0.25, 0.3) is 5.56 Å². The molecule has 3 aromatic rings. The number of unbranched alkanes of at least 4 members (excludes halogenated alkanes) is 1. The number of rotatable bonds is 7. The van der Waals surface area contributed by atoms with Crippen molar-refractivity contribution in [3.05, 3.63) is 67.1 Å². The minimum atomic E-state index is -0.413. The van der Waals surface area contributed by atoms with Crippen LogP contribution < -0.4 is 16.6 Å². The quantitative estimate of drug-likeness (QED) is 0.607. The molecule has 0 unspecified atom stereocenters. The molecule has 0 spiro atoms. The van der Waals surface area contributed by atoms with E-state index in [1.807, 2.05) is 18.2 Å². The summed E-state index contributed by atoms with van der Waals surface area (Å²) in [5.74, 6) is -0.0834. The van der Waals surface area contributed by atoms with Crippen molar-refractivity contribution in [2.45, 2.75) is 32.4 Å². The van der Waals surface area contributed by atoms with Gasteiger partial charge in [-0.25, -0.2) is 4.79 Å². The first-order valence-electron chi connectivity index (χ1n) is 8.26. The topological polar surface area (TPSA) is 84.0 Å². The summed E-state index contributed by atoms with van der Waals surface area (Å²) in [6, 6.07) is 9.07. The van der Waals surface area contributed by atoms with Crippen LogP contribution in [0.25, 0.3) is 10.2 Å². The second kappa shape index (κ2) is 8.33. The summed E-state index contributed by atoms with van der Waals surface area (Å²) in [5.41, 5.74) is 0.746. The molecule has 1 aromatic carbocycles. The Labute approximate surface area is 158 Å². The van der Waals surface area contributed by atoms with Crippen LogP contribution in [0.15, 0.2) is 45.3 Å². The molecule has 0 radical (unpaired) electrons. The molecule has 2 N–H and O–H groups in total. The van der Waals surface area contributed by atoms with Crippen LogP contribution in [-0.2, 0) is 17.9 Å². The van der Waals surface area contributed by atoms with Gasteiger partial charge in [0, 0.05) is 24.5 Å². The van der Waals surface area contributed by atoms with E-state index in [0.29, 0.717) is 47.6 Å². The average Bonchev–Trinajstić information content (AvgIpc) is 3.08.